The SMILES string of the molecule is COc1cccc(C(=O)N2CC(N(Cc3ccccc3C)CC(C)C)CC2C(=O)NCC2CCCC(CN)C2)c1. The van der Waals surface area contributed by atoms with E-state index in [9.17, 15) is 9.59 Å². The van der Waals surface area contributed by atoms with Crippen LogP contribution < -0.4 is 15.8 Å². The number of nitrogens with two attached hydrogens (primary N) is 1. The molecule has 1 aliphatic carbocycles. The van der Waals surface area contributed by atoms with Gasteiger partial charge in [0.1, 0.15) is 11.8 Å². The lowest BCUT2D eigenvalue weighted by Crippen LogP contribution is -2.47. The molecule has 2 aromatic carbocycles. The highest BCUT2D eigenvalue weighted by molar-refractivity contribution is 5.98. The van der Waals surface area contributed by atoms with Gasteiger partial charge in [0.05, 0.1) is 7.11 Å². The lowest BCUT2D eigenvalue weighted by atomic mass is 9.81. The Bertz CT molecular complexity index is 1140. The summed E-state index contributed by atoms with van der Waals surface area (Å²) < 4.78 is 5.38. The molecule has 218 valence electrons. The van der Waals surface area contributed by atoms with E-state index in [0.29, 0.717) is 55.1 Å². The van der Waals surface area contributed by atoms with E-state index in [1.54, 1.807) is 24.1 Å². The highest BCUT2D eigenvalue weighted by Crippen LogP contribution is 2.30. The van der Waals surface area contributed by atoms with Crippen LogP contribution in [0.5, 0.6) is 5.75 Å². The molecule has 4 unspecified atom stereocenters. The molecule has 2 aliphatic rings. The van der Waals surface area contributed by atoms with Gasteiger partial charge in [0.15, 0.2) is 0 Å². The van der Waals surface area contributed by atoms with E-state index in [0.717, 1.165) is 32.4 Å². The molecule has 7 heteroatoms. The maximum Gasteiger partial charge on any atom is 0.254 e. The molecule has 7 nitrogen and oxygen atoms in total. The van der Waals surface area contributed by atoms with Crippen LogP contribution in [0, 0.1) is 24.7 Å². The van der Waals surface area contributed by atoms with Crippen molar-refractivity contribution < 1.29 is 14.3 Å². The first-order chi connectivity index (χ1) is 19.3. The maximum absolute atomic E-state index is 13.9. The highest BCUT2D eigenvalue weighted by atomic mass is 16.5. The Kier molecular flexibility index (Phi) is 10.6. The number of aryl methyl sites for hydroxylation is 1. The van der Waals surface area contributed by atoms with Crippen molar-refractivity contribution >= 4 is 11.8 Å². The Morgan fingerprint density at radius 3 is 2.60 bits per heavy atom. The molecule has 4 atom stereocenters. The van der Waals surface area contributed by atoms with Crippen LogP contribution in [0.25, 0.3) is 0 Å². The summed E-state index contributed by atoms with van der Waals surface area (Å²) in [5.74, 6) is 1.92. The number of nitrogens with one attached hydrogen (secondary N) is 1. The van der Waals surface area contributed by atoms with Gasteiger partial charge in [-0.05, 0) is 86.2 Å². The Balaban J connectivity index is 1.55. The van der Waals surface area contributed by atoms with Gasteiger partial charge in [-0.15, -0.1) is 0 Å². The molecule has 2 aromatic rings. The molecule has 1 aliphatic heterocycles. The first-order valence-corrected chi connectivity index (χ1v) is 15.0. The van der Waals surface area contributed by atoms with E-state index >= 15 is 0 Å². The fourth-order valence-electron chi connectivity index (χ4n) is 6.46. The first-order valence-electron chi connectivity index (χ1n) is 15.0. The van der Waals surface area contributed by atoms with Gasteiger partial charge < -0.3 is 20.7 Å². The summed E-state index contributed by atoms with van der Waals surface area (Å²) in [5.41, 5.74) is 9.04. The molecule has 3 N–H and O–H groups in total. The second-order valence-corrected chi connectivity index (χ2v) is 12.2. The third kappa shape index (κ3) is 7.64. The van der Waals surface area contributed by atoms with Gasteiger partial charge in [-0.25, -0.2) is 0 Å². The van der Waals surface area contributed by atoms with Crippen molar-refractivity contribution in [2.75, 3.05) is 33.3 Å². The van der Waals surface area contributed by atoms with Crippen molar-refractivity contribution in [2.45, 2.75) is 71.5 Å². The second-order valence-electron chi connectivity index (χ2n) is 12.2. The number of rotatable bonds is 11. The number of likely N-dealkylation sites (tertiary alicyclic amines) is 1. The summed E-state index contributed by atoms with van der Waals surface area (Å²) in [6.07, 6.45) is 5.15. The quantitative estimate of drug-likeness (QED) is 0.428. The fourth-order valence-corrected chi connectivity index (χ4v) is 6.46. The smallest absolute Gasteiger partial charge is 0.254 e. The van der Waals surface area contributed by atoms with Crippen LogP contribution in [-0.4, -0.2) is 67.0 Å². The minimum Gasteiger partial charge on any atom is -0.497 e. The number of hydrogen-bond donors (Lipinski definition) is 2. The molecule has 2 amide bonds. The van der Waals surface area contributed by atoms with Crippen LogP contribution in [0.15, 0.2) is 48.5 Å². The standard InChI is InChI=1S/C33H48N4O3/c1-23(2)20-36(21-28-12-6-5-9-24(28)3)29-17-31(32(38)35-19-26-11-7-10-25(15-26)18-34)37(22-29)33(39)27-13-8-14-30(16-27)40-4/h5-6,8-9,12-14,16,23,25-26,29,31H,7,10-11,15,17-22,34H2,1-4H3,(H,35,38). The van der Waals surface area contributed by atoms with Crippen molar-refractivity contribution in [1.82, 2.24) is 15.1 Å². The largest absolute Gasteiger partial charge is 0.497 e. The summed E-state index contributed by atoms with van der Waals surface area (Å²) in [7, 11) is 1.60. The van der Waals surface area contributed by atoms with E-state index in [-0.39, 0.29) is 17.9 Å². The number of ether oxygens (including phenoxy) is 1. The van der Waals surface area contributed by atoms with E-state index in [1.807, 2.05) is 12.1 Å². The van der Waals surface area contributed by atoms with Crippen molar-refractivity contribution in [2.24, 2.45) is 23.5 Å². The number of hydrogen-bond acceptors (Lipinski definition) is 5. The Labute approximate surface area is 240 Å². The average molecular weight is 549 g/mol. The zero-order valence-corrected chi connectivity index (χ0v) is 24.8. The Morgan fingerprint density at radius 1 is 1.10 bits per heavy atom. The van der Waals surface area contributed by atoms with Crippen molar-refractivity contribution in [3.8, 4) is 5.75 Å². The van der Waals surface area contributed by atoms with E-state index < -0.39 is 6.04 Å². The zero-order valence-electron chi connectivity index (χ0n) is 24.8. The number of amides is 2. The molecule has 2 fully saturated rings. The van der Waals surface area contributed by atoms with E-state index in [1.165, 1.54) is 17.5 Å². The normalized spacial score (nSPS) is 23.0. The summed E-state index contributed by atoms with van der Waals surface area (Å²) in [6.45, 7) is 10.2. The van der Waals surface area contributed by atoms with Crippen LogP contribution in [0.1, 0.15) is 67.4 Å². The van der Waals surface area contributed by atoms with Gasteiger partial charge in [0.25, 0.3) is 5.91 Å². The summed E-state index contributed by atoms with van der Waals surface area (Å²) in [6, 6.07) is 15.3. The topological polar surface area (TPSA) is 87.9 Å². The van der Waals surface area contributed by atoms with E-state index in [2.05, 4.69) is 55.3 Å². The molecule has 1 saturated carbocycles. The van der Waals surface area contributed by atoms with Crippen molar-refractivity contribution in [3.05, 3.63) is 65.2 Å². The Morgan fingerprint density at radius 2 is 1.88 bits per heavy atom. The van der Waals surface area contributed by atoms with E-state index in [4.69, 9.17) is 10.5 Å². The minimum absolute atomic E-state index is 0.0472. The van der Waals surface area contributed by atoms with Crippen LogP contribution >= 0.6 is 0 Å². The summed E-state index contributed by atoms with van der Waals surface area (Å²) >= 11 is 0. The molecule has 0 bridgehead atoms. The van der Waals surface area contributed by atoms with Crippen molar-refractivity contribution in [1.29, 1.82) is 0 Å². The molecule has 1 saturated heterocycles. The van der Waals surface area contributed by atoms with Gasteiger partial charge in [-0.1, -0.05) is 50.6 Å². The molecule has 0 radical (unpaired) electrons. The summed E-state index contributed by atoms with van der Waals surface area (Å²) in [5, 5.41) is 3.24. The van der Waals surface area contributed by atoms with Gasteiger partial charge in [0, 0.05) is 37.8 Å². The fraction of sp³-hybridized carbons (Fsp3) is 0.576. The monoisotopic (exact) mass is 548 g/mol. The predicted molar refractivity (Wildman–Crippen MR) is 160 cm³/mol. The number of carbonyl (C=O) groups is 2. The van der Waals surface area contributed by atoms with Crippen LogP contribution in [-0.2, 0) is 11.3 Å². The number of carbonyl (C=O) groups excluding carboxylic acids is 2. The molecule has 40 heavy (non-hydrogen) atoms. The van der Waals surface area contributed by atoms with Crippen LogP contribution in [0.2, 0.25) is 0 Å². The highest BCUT2D eigenvalue weighted by Gasteiger charge is 2.42. The summed E-state index contributed by atoms with van der Waals surface area (Å²) in [4.78, 5) is 31.9. The average Bonchev–Trinajstić information content (AvgIpc) is 3.42. The molecule has 4 rings (SSSR count). The number of nitrogens with zero attached hydrogens (tertiary/aromatic N) is 2. The first kappa shape index (κ1) is 30.1. The molecular weight excluding hydrogens is 500 g/mol. The molecule has 1 heterocycles. The van der Waals surface area contributed by atoms with Gasteiger partial charge in [0.2, 0.25) is 5.91 Å². The second kappa shape index (κ2) is 14.1. The minimum atomic E-state index is -0.510. The molecule has 0 spiro atoms. The van der Waals surface area contributed by atoms with Gasteiger partial charge in [-0.3, -0.25) is 14.5 Å². The lowest BCUT2D eigenvalue weighted by Gasteiger charge is -2.31. The number of benzene rings is 2. The van der Waals surface area contributed by atoms with Gasteiger partial charge >= 0.3 is 0 Å². The lowest BCUT2D eigenvalue weighted by molar-refractivity contribution is -0.125. The van der Waals surface area contributed by atoms with Crippen LogP contribution in [0.3, 0.4) is 0 Å². The van der Waals surface area contributed by atoms with Gasteiger partial charge in [-0.2, -0.15) is 0 Å². The zero-order chi connectivity index (χ0) is 28.6. The predicted octanol–water partition coefficient (Wildman–Crippen LogP) is 4.63. The number of methoxy groups -OCH3 is 1. The molecular formula is C33H48N4O3. The maximum atomic E-state index is 13.9. The third-order valence-corrected chi connectivity index (χ3v) is 8.70. The van der Waals surface area contributed by atoms with Crippen molar-refractivity contribution in [3.63, 3.8) is 0 Å². The molecule has 0 aromatic heterocycles. The Hall–Kier alpha value is -2.90. The van der Waals surface area contributed by atoms with Crippen LogP contribution in [0.4, 0.5) is 0 Å². The third-order valence-electron chi connectivity index (χ3n) is 8.70.